The minimum Gasteiger partial charge on any atom is -0.465 e. The Morgan fingerprint density at radius 1 is 1.13 bits per heavy atom. The van der Waals surface area contributed by atoms with Gasteiger partial charge in [-0.15, -0.1) is 11.3 Å². The van der Waals surface area contributed by atoms with Gasteiger partial charge in [0.05, 0.1) is 30.8 Å². The molecule has 164 valence electrons. The number of halogens is 3. The molecule has 31 heavy (non-hydrogen) atoms. The minimum atomic E-state index is -4.78. The molecule has 1 aromatic carbocycles. The van der Waals surface area contributed by atoms with Crippen molar-refractivity contribution in [2.75, 3.05) is 19.5 Å². The molecule has 0 bridgehead atoms. The van der Waals surface area contributed by atoms with Crippen molar-refractivity contribution in [2.24, 2.45) is 0 Å². The van der Waals surface area contributed by atoms with Crippen molar-refractivity contribution in [3.05, 3.63) is 46.1 Å². The third-order valence-electron chi connectivity index (χ3n) is 4.37. The lowest BCUT2D eigenvalue weighted by atomic mass is 10.1. The number of nitrogens with zero attached hydrogens (tertiary/aromatic N) is 2. The minimum absolute atomic E-state index is 0.0345. The van der Waals surface area contributed by atoms with Crippen LogP contribution in [0, 0.1) is 6.92 Å². The number of para-hydroxylation sites is 2. The fourth-order valence-electron chi connectivity index (χ4n) is 3.00. The third-order valence-corrected chi connectivity index (χ3v) is 5.56. The molecule has 1 N–H and O–H groups in total. The number of nitrogens with one attached hydrogen (secondary N) is 1. The average Bonchev–Trinajstić information content (AvgIpc) is 3.25. The quantitative estimate of drug-likeness (QED) is 0.590. The van der Waals surface area contributed by atoms with Crippen LogP contribution in [0.15, 0.2) is 24.3 Å². The number of benzene rings is 1. The number of carbonyl (C=O) groups is 3. The van der Waals surface area contributed by atoms with Gasteiger partial charge in [0.15, 0.2) is 0 Å². The molecule has 0 spiro atoms. The van der Waals surface area contributed by atoms with E-state index in [1.165, 1.54) is 31.2 Å². The molecule has 3 aromatic rings. The molecule has 0 unspecified atom stereocenters. The lowest BCUT2D eigenvalue weighted by molar-refractivity contribution is -0.147. The highest BCUT2D eigenvalue weighted by molar-refractivity contribution is 7.18. The fourth-order valence-corrected chi connectivity index (χ4v) is 4.13. The number of rotatable bonds is 5. The van der Waals surface area contributed by atoms with Crippen molar-refractivity contribution in [1.82, 2.24) is 9.55 Å². The standard InChI is InChI=1S/C19H16F3N3O5S/c1-9-13(16(27)29-2)15(31-14(9)17(28)30-3)24-12(26)8-25-11-7-5-4-6-10(11)23-18(25)19(20,21)22/h4-7H,8H2,1-3H3,(H,24,26). The van der Waals surface area contributed by atoms with Gasteiger partial charge in [-0.3, -0.25) is 4.79 Å². The Morgan fingerprint density at radius 3 is 2.39 bits per heavy atom. The van der Waals surface area contributed by atoms with Crippen molar-refractivity contribution in [3.8, 4) is 0 Å². The predicted molar refractivity (Wildman–Crippen MR) is 105 cm³/mol. The Hall–Kier alpha value is -3.41. The van der Waals surface area contributed by atoms with Crippen LogP contribution >= 0.6 is 11.3 Å². The molecular weight excluding hydrogens is 439 g/mol. The number of anilines is 1. The summed E-state index contributed by atoms with van der Waals surface area (Å²) in [5.41, 5.74) is 0.351. The number of imidazole rings is 1. The first-order valence-corrected chi connectivity index (χ1v) is 9.52. The molecule has 0 atom stereocenters. The Bertz CT molecular complexity index is 1180. The van der Waals surface area contributed by atoms with Gasteiger partial charge in [-0.25, -0.2) is 14.6 Å². The van der Waals surface area contributed by atoms with E-state index in [0.717, 1.165) is 30.1 Å². The number of hydrogen-bond donors (Lipinski definition) is 1. The van der Waals surface area contributed by atoms with Gasteiger partial charge in [-0.1, -0.05) is 12.1 Å². The molecular formula is C19H16F3N3O5S. The van der Waals surface area contributed by atoms with Crippen molar-refractivity contribution >= 4 is 45.2 Å². The Labute approximate surface area is 177 Å². The van der Waals surface area contributed by atoms with Crippen molar-refractivity contribution in [1.29, 1.82) is 0 Å². The number of alkyl halides is 3. The van der Waals surface area contributed by atoms with Crippen LogP contribution in [0.3, 0.4) is 0 Å². The summed E-state index contributed by atoms with van der Waals surface area (Å²) in [4.78, 5) is 40.4. The summed E-state index contributed by atoms with van der Waals surface area (Å²) in [6, 6.07) is 5.87. The highest BCUT2D eigenvalue weighted by Crippen LogP contribution is 2.35. The number of esters is 2. The maximum atomic E-state index is 13.4. The van der Waals surface area contributed by atoms with E-state index < -0.39 is 36.4 Å². The molecule has 0 fully saturated rings. The molecule has 2 aromatic heterocycles. The molecule has 0 radical (unpaired) electrons. The second-order valence-corrected chi connectivity index (χ2v) is 7.32. The predicted octanol–water partition coefficient (Wildman–Crippen LogP) is 3.64. The lowest BCUT2D eigenvalue weighted by Crippen LogP contribution is -2.23. The van der Waals surface area contributed by atoms with E-state index in [2.05, 4.69) is 15.0 Å². The first kappa shape index (κ1) is 22.3. The van der Waals surface area contributed by atoms with Gasteiger partial charge in [0.25, 0.3) is 0 Å². The maximum absolute atomic E-state index is 13.4. The first-order chi connectivity index (χ1) is 14.6. The highest BCUT2D eigenvalue weighted by atomic mass is 32.1. The second-order valence-electron chi connectivity index (χ2n) is 6.30. The maximum Gasteiger partial charge on any atom is 0.449 e. The van der Waals surface area contributed by atoms with E-state index in [4.69, 9.17) is 4.74 Å². The second kappa shape index (κ2) is 8.38. The zero-order valence-corrected chi connectivity index (χ0v) is 17.3. The number of carbonyl (C=O) groups excluding carboxylic acids is 3. The van der Waals surface area contributed by atoms with Crippen LogP contribution < -0.4 is 5.32 Å². The zero-order chi connectivity index (χ0) is 22.9. The molecule has 8 nitrogen and oxygen atoms in total. The average molecular weight is 455 g/mol. The number of fused-ring (bicyclic) bond motifs is 1. The molecule has 0 aliphatic heterocycles. The van der Waals surface area contributed by atoms with Gasteiger partial charge in [-0.05, 0) is 24.6 Å². The molecule has 0 aliphatic rings. The summed E-state index contributed by atoms with van der Waals surface area (Å²) < 4.78 is 50.4. The monoisotopic (exact) mass is 455 g/mol. The van der Waals surface area contributed by atoms with Crippen LogP contribution in [-0.2, 0) is 27.0 Å². The number of thiophene rings is 1. The van der Waals surface area contributed by atoms with E-state index in [1.807, 2.05) is 0 Å². The summed E-state index contributed by atoms with van der Waals surface area (Å²) in [6.45, 7) is 0.746. The summed E-state index contributed by atoms with van der Waals surface area (Å²) in [5, 5.41) is 2.37. The van der Waals surface area contributed by atoms with Gasteiger partial charge >= 0.3 is 18.1 Å². The fraction of sp³-hybridized carbons (Fsp3) is 0.263. The number of ether oxygens (including phenoxy) is 2. The third kappa shape index (κ3) is 4.24. The zero-order valence-electron chi connectivity index (χ0n) is 16.5. The van der Waals surface area contributed by atoms with Crippen LogP contribution in [0.1, 0.15) is 31.4 Å². The summed E-state index contributed by atoms with van der Waals surface area (Å²) in [7, 11) is 2.27. The normalized spacial score (nSPS) is 11.4. The summed E-state index contributed by atoms with van der Waals surface area (Å²) in [5.74, 6) is -3.62. The van der Waals surface area contributed by atoms with E-state index in [-0.39, 0.29) is 32.0 Å². The van der Waals surface area contributed by atoms with Crippen LogP contribution in [0.2, 0.25) is 0 Å². The number of hydrogen-bond acceptors (Lipinski definition) is 7. The SMILES string of the molecule is COC(=O)c1sc(NC(=O)Cn2c(C(F)(F)F)nc3ccccc32)c(C(=O)OC)c1C. The van der Waals surface area contributed by atoms with Crippen LogP contribution in [0.25, 0.3) is 11.0 Å². The molecule has 2 heterocycles. The van der Waals surface area contributed by atoms with Crippen LogP contribution in [0.4, 0.5) is 18.2 Å². The van der Waals surface area contributed by atoms with E-state index in [0.29, 0.717) is 0 Å². The lowest BCUT2D eigenvalue weighted by Gasteiger charge is -2.12. The highest BCUT2D eigenvalue weighted by Gasteiger charge is 2.38. The number of amides is 1. The molecule has 0 saturated heterocycles. The Balaban J connectivity index is 1.99. The molecule has 3 rings (SSSR count). The van der Waals surface area contributed by atoms with Gasteiger partial charge in [0.1, 0.15) is 16.4 Å². The Kier molecular flexibility index (Phi) is 6.02. The van der Waals surface area contributed by atoms with Crippen molar-refractivity contribution in [2.45, 2.75) is 19.6 Å². The number of aromatic nitrogens is 2. The Morgan fingerprint density at radius 2 is 1.77 bits per heavy atom. The molecule has 0 saturated carbocycles. The van der Waals surface area contributed by atoms with Gasteiger partial charge in [0, 0.05) is 0 Å². The smallest absolute Gasteiger partial charge is 0.449 e. The van der Waals surface area contributed by atoms with Crippen molar-refractivity contribution < 1.29 is 37.0 Å². The van der Waals surface area contributed by atoms with Gasteiger partial charge in [0.2, 0.25) is 11.7 Å². The summed E-state index contributed by atoms with van der Waals surface area (Å²) in [6.07, 6.45) is -4.78. The van der Waals surface area contributed by atoms with Gasteiger partial charge < -0.3 is 19.4 Å². The van der Waals surface area contributed by atoms with E-state index in [9.17, 15) is 27.6 Å². The molecule has 1 amide bonds. The first-order valence-electron chi connectivity index (χ1n) is 8.70. The summed E-state index contributed by atoms with van der Waals surface area (Å²) >= 11 is 0.762. The van der Waals surface area contributed by atoms with Crippen LogP contribution in [-0.4, -0.2) is 41.6 Å². The van der Waals surface area contributed by atoms with Crippen molar-refractivity contribution in [3.63, 3.8) is 0 Å². The molecule has 0 aliphatic carbocycles. The van der Waals surface area contributed by atoms with Crippen LogP contribution in [0.5, 0.6) is 0 Å². The van der Waals surface area contributed by atoms with E-state index in [1.54, 1.807) is 0 Å². The van der Waals surface area contributed by atoms with E-state index >= 15 is 0 Å². The number of methoxy groups -OCH3 is 2. The molecule has 12 heteroatoms. The topological polar surface area (TPSA) is 99.5 Å². The largest absolute Gasteiger partial charge is 0.465 e. The van der Waals surface area contributed by atoms with Gasteiger partial charge in [-0.2, -0.15) is 13.2 Å².